The molecular formula is C18H22Cl3N5S. The molecule has 3 rings (SSSR count). The number of likely N-dealkylation sites (tertiary alicyclic amines) is 1. The van der Waals surface area contributed by atoms with Crippen molar-refractivity contribution in [1.29, 1.82) is 0 Å². The van der Waals surface area contributed by atoms with Crippen LogP contribution in [0.4, 0.5) is 5.95 Å². The maximum absolute atomic E-state index is 6.06. The number of thioether (sulfide) groups is 1. The Labute approximate surface area is 179 Å². The van der Waals surface area contributed by atoms with Crippen LogP contribution in [-0.2, 0) is 3.79 Å². The molecule has 0 saturated carbocycles. The van der Waals surface area contributed by atoms with Crippen molar-refractivity contribution in [3.63, 3.8) is 0 Å². The van der Waals surface area contributed by atoms with Crippen LogP contribution in [0.2, 0.25) is 0 Å². The number of alkyl halides is 3. The molecule has 2 heterocycles. The lowest BCUT2D eigenvalue weighted by Crippen LogP contribution is -2.42. The third kappa shape index (κ3) is 5.61. The Bertz CT molecular complexity index is 767. The Morgan fingerprint density at radius 1 is 1.19 bits per heavy atom. The molecule has 0 aliphatic carbocycles. The van der Waals surface area contributed by atoms with E-state index in [1.54, 1.807) is 11.8 Å². The molecule has 1 aromatic carbocycles. The van der Waals surface area contributed by atoms with Crippen molar-refractivity contribution in [2.24, 2.45) is 0 Å². The first-order valence-corrected chi connectivity index (χ1v) is 11.2. The Hall–Kier alpha value is -0.790. The van der Waals surface area contributed by atoms with Crippen LogP contribution in [-0.4, -0.2) is 51.8 Å². The molecule has 9 heteroatoms. The van der Waals surface area contributed by atoms with E-state index in [2.05, 4.69) is 32.1 Å². The molecule has 0 amide bonds. The number of benzene rings is 1. The zero-order chi connectivity index (χ0) is 19.4. The van der Waals surface area contributed by atoms with E-state index in [0.717, 1.165) is 42.9 Å². The molecule has 1 atom stereocenters. The molecule has 1 aliphatic heterocycles. The molecule has 5 nitrogen and oxygen atoms in total. The monoisotopic (exact) mass is 445 g/mol. The zero-order valence-corrected chi connectivity index (χ0v) is 18.3. The van der Waals surface area contributed by atoms with E-state index in [1.807, 2.05) is 30.5 Å². The molecule has 1 unspecified atom stereocenters. The van der Waals surface area contributed by atoms with Crippen molar-refractivity contribution >= 4 is 52.5 Å². The second-order valence-electron chi connectivity index (χ2n) is 6.41. The fourth-order valence-electron chi connectivity index (χ4n) is 3.08. The molecule has 27 heavy (non-hydrogen) atoms. The van der Waals surface area contributed by atoms with Crippen LogP contribution in [0.1, 0.15) is 25.6 Å². The fraction of sp³-hybridized carbons (Fsp3) is 0.500. The number of halogens is 3. The average Bonchev–Trinajstić information content (AvgIpc) is 2.67. The van der Waals surface area contributed by atoms with E-state index in [0.29, 0.717) is 11.8 Å². The van der Waals surface area contributed by atoms with Gasteiger partial charge in [-0.25, -0.2) is 4.98 Å². The van der Waals surface area contributed by atoms with Gasteiger partial charge in [0.1, 0.15) is 0 Å². The topological polar surface area (TPSA) is 53.9 Å². The number of piperidine rings is 1. The van der Waals surface area contributed by atoms with E-state index in [4.69, 9.17) is 34.8 Å². The standard InChI is InChI=1S/C18H22Cl3N5S/c1-3-26-10-4-5-13(11-26)22-17-24-15(23-16(25-17)18(19,20)21)12-6-8-14(27-2)9-7-12/h6-9,13H,3-5,10-11H2,1-2H3,(H,22,23,24,25). The molecule has 1 saturated heterocycles. The SMILES string of the molecule is CCN1CCCC(Nc2nc(-c3ccc(SC)cc3)nc(C(Cl)(Cl)Cl)n2)C1. The summed E-state index contributed by atoms with van der Waals surface area (Å²) in [6.07, 6.45) is 4.23. The summed E-state index contributed by atoms with van der Waals surface area (Å²) in [5.74, 6) is 1.06. The van der Waals surface area contributed by atoms with E-state index in [9.17, 15) is 0 Å². The van der Waals surface area contributed by atoms with Gasteiger partial charge in [-0.1, -0.05) is 53.9 Å². The lowest BCUT2D eigenvalue weighted by atomic mass is 10.1. The highest BCUT2D eigenvalue weighted by Crippen LogP contribution is 2.37. The van der Waals surface area contributed by atoms with Crippen molar-refractivity contribution in [2.75, 3.05) is 31.2 Å². The highest BCUT2D eigenvalue weighted by Gasteiger charge is 2.29. The quantitative estimate of drug-likeness (QED) is 0.516. The van der Waals surface area contributed by atoms with Gasteiger partial charge in [0.25, 0.3) is 0 Å². The molecule has 2 aromatic rings. The third-order valence-electron chi connectivity index (χ3n) is 4.52. The Morgan fingerprint density at radius 2 is 1.93 bits per heavy atom. The minimum absolute atomic E-state index is 0.122. The highest BCUT2D eigenvalue weighted by atomic mass is 35.6. The number of nitrogens with one attached hydrogen (secondary N) is 1. The second kappa shape index (κ2) is 9.14. The van der Waals surface area contributed by atoms with Crippen LogP contribution in [0.5, 0.6) is 0 Å². The minimum Gasteiger partial charge on any atom is -0.350 e. The van der Waals surface area contributed by atoms with Crippen molar-refractivity contribution in [3.8, 4) is 11.4 Å². The third-order valence-corrected chi connectivity index (χ3v) is 5.77. The second-order valence-corrected chi connectivity index (χ2v) is 9.57. The van der Waals surface area contributed by atoms with Crippen LogP contribution in [0, 0.1) is 0 Å². The fourth-order valence-corrected chi connectivity index (χ4v) is 3.74. The number of nitrogens with zero attached hydrogens (tertiary/aromatic N) is 4. The van der Waals surface area contributed by atoms with E-state index < -0.39 is 3.79 Å². The molecular weight excluding hydrogens is 425 g/mol. The summed E-state index contributed by atoms with van der Waals surface area (Å²) in [7, 11) is 0. The van der Waals surface area contributed by atoms with Gasteiger partial charge in [-0.05, 0) is 44.3 Å². The van der Waals surface area contributed by atoms with Gasteiger partial charge in [0.2, 0.25) is 9.74 Å². The molecule has 1 aliphatic rings. The summed E-state index contributed by atoms with van der Waals surface area (Å²) in [5, 5.41) is 3.41. The number of likely N-dealkylation sites (N-methyl/N-ethyl adjacent to an activating group) is 1. The van der Waals surface area contributed by atoms with E-state index in [-0.39, 0.29) is 11.9 Å². The molecule has 0 radical (unpaired) electrons. The number of rotatable bonds is 5. The zero-order valence-electron chi connectivity index (χ0n) is 15.3. The van der Waals surface area contributed by atoms with Crippen molar-refractivity contribution in [3.05, 3.63) is 30.1 Å². The van der Waals surface area contributed by atoms with E-state index in [1.165, 1.54) is 0 Å². The average molecular weight is 447 g/mol. The summed E-state index contributed by atoms with van der Waals surface area (Å²) in [6, 6.07) is 8.23. The first kappa shape index (κ1) is 20.9. The maximum atomic E-state index is 6.06. The summed E-state index contributed by atoms with van der Waals surface area (Å²) < 4.78 is -1.71. The maximum Gasteiger partial charge on any atom is 0.250 e. The van der Waals surface area contributed by atoms with Gasteiger partial charge in [0.05, 0.1) is 0 Å². The van der Waals surface area contributed by atoms with E-state index >= 15 is 0 Å². The molecule has 146 valence electrons. The van der Waals surface area contributed by atoms with Crippen LogP contribution >= 0.6 is 46.6 Å². The first-order valence-electron chi connectivity index (χ1n) is 8.85. The smallest absolute Gasteiger partial charge is 0.250 e. The van der Waals surface area contributed by atoms with Gasteiger partial charge in [-0.2, -0.15) is 9.97 Å². The largest absolute Gasteiger partial charge is 0.350 e. The number of aromatic nitrogens is 3. The number of hydrogen-bond acceptors (Lipinski definition) is 6. The van der Waals surface area contributed by atoms with Crippen LogP contribution < -0.4 is 5.32 Å². The molecule has 1 N–H and O–H groups in total. The van der Waals surface area contributed by atoms with Crippen molar-refractivity contribution in [2.45, 2.75) is 34.5 Å². The number of anilines is 1. The van der Waals surface area contributed by atoms with Gasteiger partial charge in [-0.15, -0.1) is 11.8 Å². The van der Waals surface area contributed by atoms with Gasteiger partial charge >= 0.3 is 0 Å². The minimum atomic E-state index is -1.71. The normalized spacial score (nSPS) is 18.5. The van der Waals surface area contributed by atoms with Crippen molar-refractivity contribution in [1.82, 2.24) is 19.9 Å². The lowest BCUT2D eigenvalue weighted by molar-refractivity contribution is 0.226. The predicted molar refractivity (Wildman–Crippen MR) is 115 cm³/mol. The molecule has 1 fully saturated rings. The first-order chi connectivity index (χ1) is 12.9. The Balaban J connectivity index is 1.90. The van der Waals surface area contributed by atoms with Crippen LogP contribution in [0.25, 0.3) is 11.4 Å². The molecule has 1 aromatic heterocycles. The summed E-state index contributed by atoms with van der Waals surface area (Å²) in [6.45, 7) is 5.27. The van der Waals surface area contributed by atoms with Gasteiger partial charge in [0, 0.05) is 23.0 Å². The lowest BCUT2D eigenvalue weighted by Gasteiger charge is -2.32. The predicted octanol–water partition coefficient (Wildman–Crippen LogP) is 4.98. The molecule has 0 spiro atoms. The summed E-state index contributed by atoms with van der Waals surface area (Å²) >= 11 is 19.9. The Kier molecular flexibility index (Phi) is 7.08. The summed E-state index contributed by atoms with van der Waals surface area (Å²) in [5.41, 5.74) is 0.854. The highest BCUT2D eigenvalue weighted by molar-refractivity contribution is 7.98. The number of hydrogen-bond donors (Lipinski definition) is 1. The molecule has 0 bridgehead atoms. The Morgan fingerprint density at radius 3 is 2.56 bits per heavy atom. The summed E-state index contributed by atoms with van der Waals surface area (Å²) in [4.78, 5) is 16.9. The van der Waals surface area contributed by atoms with Gasteiger partial charge in [0.15, 0.2) is 11.6 Å². The van der Waals surface area contributed by atoms with Gasteiger partial charge in [-0.3, -0.25) is 0 Å². The van der Waals surface area contributed by atoms with Crippen molar-refractivity contribution < 1.29 is 0 Å². The van der Waals surface area contributed by atoms with Crippen LogP contribution in [0.15, 0.2) is 29.2 Å². The van der Waals surface area contributed by atoms with Crippen LogP contribution in [0.3, 0.4) is 0 Å². The van der Waals surface area contributed by atoms with Gasteiger partial charge < -0.3 is 10.2 Å².